The maximum atomic E-state index is 11.7. The second-order valence-electron chi connectivity index (χ2n) is 7.58. The molecule has 8 nitrogen and oxygen atoms in total. The molecule has 4 rings (SSSR count). The molecule has 33 heavy (non-hydrogen) atoms. The fraction of sp³-hybridized carbons (Fsp3) is 0.240. The fourth-order valence-corrected chi connectivity index (χ4v) is 4.02. The number of nitro benzene ring substituents is 1. The average Bonchev–Trinajstić information content (AvgIpc) is 2.85. The number of ether oxygens (including phenoxy) is 2. The number of para-hydroxylation sites is 2. The van der Waals surface area contributed by atoms with Crippen LogP contribution in [0.15, 0.2) is 71.7 Å². The molecular weight excluding hydrogens is 422 g/mol. The molecule has 0 radical (unpaired) electrons. The van der Waals surface area contributed by atoms with Gasteiger partial charge in [-0.15, -0.1) is 0 Å². The molecule has 170 valence electrons. The van der Waals surface area contributed by atoms with E-state index in [0.717, 1.165) is 11.3 Å². The van der Waals surface area contributed by atoms with Crippen molar-refractivity contribution in [3.63, 3.8) is 0 Å². The van der Waals surface area contributed by atoms with E-state index >= 15 is 0 Å². The molecule has 3 aromatic rings. The molecule has 0 saturated carbocycles. The van der Waals surface area contributed by atoms with E-state index < -0.39 is 11.1 Å². The SMILES string of the molecule is CCOc1cccc(C2CC(c3cccc(OC)c3)=NC(c3ccccc3[N+](=O)[O-])N2)c1O. The van der Waals surface area contributed by atoms with Gasteiger partial charge in [-0.05, 0) is 36.8 Å². The van der Waals surface area contributed by atoms with Crippen LogP contribution >= 0.6 is 0 Å². The summed E-state index contributed by atoms with van der Waals surface area (Å²) in [6, 6.07) is 19.1. The highest BCUT2D eigenvalue weighted by Gasteiger charge is 2.31. The van der Waals surface area contributed by atoms with E-state index in [1.807, 2.05) is 43.3 Å². The molecule has 0 spiro atoms. The standard InChI is InChI=1S/C25H25N3O5/c1-3-33-23-13-7-11-18(24(23)29)21-15-20(16-8-6-9-17(14-16)32-2)26-25(27-21)19-10-4-5-12-22(19)28(30)31/h4-14,21,25,27,29H,3,15H2,1-2H3. The zero-order valence-electron chi connectivity index (χ0n) is 18.4. The quantitative estimate of drug-likeness (QED) is 0.393. The predicted molar refractivity (Wildman–Crippen MR) is 125 cm³/mol. The first-order chi connectivity index (χ1) is 16.0. The number of nitrogens with one attached hydrogen (secondary N) is 1. The number of phenols is 1. The highest BCUT2D eigenvalue weighted by atomic mass is 16.6. The monoisotopic (exact) mass is 447 g/mol. The van der Waals surface area contributed by atoms with E-state index in [0.29, 0.717) is 35.7 Å². The molecule has 8 heteroatoms. The minimum Gasteiger partial charge on any atom is -0.504 e. The number of benzene rings is 3. The minimum absolute atomic E-state index is 0.0170. The Balaban J connectivity index is 1.81. The Morgan fingerprint density at radius 1 is 1.12 bits per heavy atom. The van der Waals surface area contributed by atoms with E-state index in [1.54, 1.807) is 31.4 Å². The van der Waals surface area contributed by atoms with E-state index in [1.165, 1.54) is 6.07 Å². The lowest BCUT2D eigenvalue weighted by Gasteiger charge is -2.31. The average molecular weight is 447 g/mol. The molecule has 0 aliphatic carbocycles. The highest BCUT2D eigenvalue weighted by Crippen LogP contribution is 2.40. The number of methoxy groups -OCH3 is 1. The van der Waals surface area contributed by atoms with E-state index in [2.05, 4.69) is 5.32 Å². The maximum Gasteiger partial charge on any atom is 0.276 e. The topological polar surface area (TPSA) is 106 Å². The van der Waals surface area contributed by atoms with Crippen molar-refractivity contribution in [2.75, 3.05) is 13.7 Å². The number of phenolic OH excluding ortho intramolecular Hbond substituents is 1. The molecule has 0 aromatic heterocycles. The van der Waals surface area contributed by atoms with Gasteiger partial charge in [-0.3, -0.25) is 20.4 Å². The van der Waals surface area contributed by atoms with Gasteiger partial charge >= 0.3 is 0 Å². The number of hydrogen-bond donors (Lipinski definition) is 2. The number of nitro groups is 1. The Labute approximate surface area is 191 Å². The first-order valence-corrected chi connectivity index (χ1v) is 10.7. The molecule has 0 bridgehead atoms. The van der Waals surface area contributed by atoms with Crippen molar-refractivity contribution >= 4 is 11.4 Å². The Morgan fingerprint density at radius 3 is 2.64 bits per heavy atom. The number of aliphatic imine (C=N–C) groups is 1. The molecule has 0 fully saturated rings. The molecule has 2 N–H and O–H groups in total. The van der Waals surface area contributed by atoms with E-state index in [9.17, 15) is 15.2 Å². The summed E-state index contributed by atoms with van der Waals surface area (Å²) in [5.74, 6) is 1.13. The molecule has 1 aliphatic heterocycles. The van der Waals surface area contributed by atoms with E-state index in [4.69, 9.17) is 14.5 Å². The second-order valence-corrected chi connectivity index (χ2v) is 7.58. The molecule has 0 amide bonds. The molecular formula is C25H25N3O5. The van der Waals surface area contributed by atoms with Crippen molar-refractivity contribution in [3.05, 3.63) is 93.5 Å². The van der Waals surface area contributed by atoms with Gasteiger partial charge in [0.25, 0.3) is 5.69 Å². The van der Waals surface area contributed by atoms with Crippen molar-refractivity contribution in [1.82, 2.24) is 5.32 Å². The van der Waals surface area contributed by atoms with Crippen molar-refractivity contribution < 1.29 is 19.5 Å². The van der Waals surface area contributed by atoms with Crippen molar-refractivity contribution in [2.45, 2.75) is 25.6 Å². The minimum atomic E-state index is -0.679. The second kappa shape index (κ2) is 9.70. The number of rotatable bonds is 7. The summed E-state index contributed by atoms with van der Waals surface area (Å²) in [6.45, 7) is 2.27. The zero-order valence-corrected chi connectivity index (χ0v) is 18.4. The van der Waals surface area contributed by atoms with Gasteiger partial charge in [0.1, 0.15) is 11.9 Å². The summed E-state index contributed by atoms with van der Waals surface area (Å²) in [7, 11) is 1.60. The lowest BCUT2D eigenvalue weighted by atomic mass is 9.93. The largest absolute Gasteiger partial charge is 0.504 e. The lowest BCUT2D eigenvalue weighted by molar-refractivity contribution is -0.385. The van der Waals surface area contributed by atoms with Gasteiger partial charge in [0.05, 0.1) is 24.2 Å². The molecule has 3 aromatic carbocycles. The number of nitrogens with zero attached hydrogens (tertiary/aromatic N) is 2. The fourth-order valence-electron chi connectivity index (χ4n) is 4.02. The van der Waals surface area contributed by atoms with Crippen LogP contribution in [0.2, 0.25) is 0 Å². The molecule has 2 unspecified atom stereocenters. The van der Waals surface area contributed by atoms with Gasteiger partial charge < -0.3 is 14.6 Å². The van der Waals surface area contributed by atoms with Gasteiger partial charge in [0.2, 0.25) is 0 Å². The number of hydrogen-bond acceptors (Lipinski definition) is 7. The van der Waals surface area contributed by atoms with Crippen LogP contribution in [-0.4, -0.2) is 29.5 Å². The van der Waals surface area contributed by atoms with Gasteiger partial charge in [0.15, 0.2) is 11.5 Å². The maximum absolute atomic E-state index is 11.7. The third-order valence-electron chi connectivity index (χ3n) is 5.58. The summed E-state index contributed by atoms with van der Waals surface area (Å²) in [6.07, 6.45) is -0.213. The van der Waals surface area contributed by atoms with Crippen molar-refractivity contribution in [1.29, 1.82) is 0 Å². The van der Waals surface area contributed by atoms with Crippen LogP contribution in [-0.2, 0) is 0 Å². The molecule has 1 heterocycles. The normalized spacial score (nSPS) is 17.8. The number of aromatic hydroxyl groups is 1. The zero-order chi connectivity index (χ0) is 23.4. The summed E-state index contributed by atoms with van der Waals surface area (Å²) in [5, 5.41) is 25.9. The first kappa shape index (κ1) is 22.3. The third-order valence-corrected chi connectivity index (χ3v) is 5.58. The van der Waals surface area contributed by atoms with Gasteiger partial charge in [-0.2, -0.15) is 0 Å². The highest BCUT2D eigenvalue weighted by molar-refractivity contribution is 6.02. The van der Waals surface area contributed by atoms with Gasteiger partial charge in [-0.1, -0.05) is 36.4 Å². The van der Waals surface area contributed by atoms with Crippen LogP contribution in [0.25, 0.3) is 0 Å². The van der Waals surface area contributed by atoms with Crippen LogP contribution in [0.4, 0.5) is 5.69 Å². The Bertz CT molecular complexity index is 1190. The van der Waals surface area contributed by atoms with Crippen LogP contribution in [0.5, 0.6) is 17.2 Å². The summed E-state index contributed by atoms with van der Waals surface area (Å²) in [4.78, 5) is 16.1. The van der Waals surface area contributed by atoms with Crippen LogP contribution in [0.3, 0.4) is 0 Å². The van der Waals surface area contributed by atoms with Crippen LogP contribution in [0, 0.1) is 10.1 Å². The predicted octanol–water partition coefficient (Wildman–Crippen LogP) is 4.93. The molecule has 2 atom stereocenters. The summed E-state index contributed by atoms with van der Waals surface area (Å²) >= 11 is 0. The summed E-state index contributed by atoms with van der Waals surface area (Å²) in [5.41, 5.74) is 2.68. The van der Waals surface area contributed by atoms with E-state index in [-0.39, 0.29) is 17.5 Å². The lowest BCUT2D eigenvalue weighted by Crippen LogP contribution is -2.33. The Kier molecular flexibility index (Phi) is 6.55. The van der Waals surface area contributed by atoms with Gasteiger partial charge in [0, 0.05) is 29.8 Å². The molecule has 0 saturated heterocycles. The van der Waals surface area contributed by atoms with Crippen LogP contribution in [0.1, 0.15) is 42.2 Å². The Hall–Kier alpha value is -3.91. The molecule has 1 aliphatic rings. The smallest absolute Gasteiger partial charge is 0.276 e. The van der Waals surface area contributed by atoms with Crippen molar-refractivity contribution in [2.24, 2.45) is 4.99 Å². The van der Waals surface area contributed by atoms with Crippen molar-refractivity contribution in [3.8, 4) is 17.2 Å². The first-order valence-electron chi connectivity index (χ1n) is 10.7. The van der Waals surface area contributed by atoms with Gasteiger partial charge in [-0.25, -0.2) is 0 Å². The summed E-state index contributed by atoms with van der Waals surface area (Å²) < 4.78 is 10.9. The Morgan fingerprint density at radius 2 is 1.88 bits per heavy atom. The third kappa shape index (κ3) is 4.65. The van der Waals surface area contributed by atoms with Crippen LogP contribution < -0.4 is 14.8 Å².